The molecule has 2 aromatic carbocycles. The molecule has 0 heterocycles. The van der Waals surface area contributed by atoms with E-state index in [4.69, 9.17) is 4.43 Å². The second-order valence-electron chi connectivity index (χ2n) is 8.94. The van der Waals surface area contributed by atoms with Gasteiger partial charge in [-0.1, -0.05) is 63.2 Å². The molecule has 0 saturated heterocycles. The van der Waals surface area contributed by atoms with Crippen molar-refractivity contribution in [1.82, 2.24) is 0 Å². The van der Waals surface area contributed by atoms with E-state index in [0.717, 1.165) is 31.6 Å². The van der Waals surface area contributed by atoms with Crippen molar-refractivity contribution < 1.29 is 9.22 Å². The van der Waals surface area contributed by atoms with E-state index in [0.29, 0.717) is 6.42 Å². The highest BCUT2D eigenvalue weighted by Crippen LogP contribution is 2.36. The van der Waals surface area contributed by atoms with Crippen molar-refractivity contribution in [3.8, 4) is 0 Å². The first-order valence-electron chi connectivity index (χ1n) is 10.2. The first-order chi connectivity index (χ1) is 13.2. The van der Waals surface area contributed by atoms with E-state index in [2.05, 4.69) is 63.4 Å². The number of rotatable bonds is 9. The molecule has 0 aliphatic heterocycles. The van der Waals surface area contributed by atoms with Crippen molar-refractivity contribution in [3.05, 3.63) is 65.7 Å². The van der Waals surface area contributed by atoms with Crippen LogP contribution in [-0.4, -0.2) is 20.8 Å². The van der Waals surface area contributed by atoms with Gasteiger partial charge >= 0.3 is 0 Å². The highest BCUT2D eigenvalue weighted by Gasteiger charge is 2.36. The summed E-state index contributed by atoms with van der Waals surface area (Å²) in [5.41, 5.74) is 3.37. The Morgan fingerprint density at radius 2 is 1.54 bits per heavy atom. The van der Waals surface area contributed by atoms with Crippen LogP contribution in [0.1, 0.15) is 44.7 Å². The van der Waals surface area contributed by atoms with Crippen molar-refractivity contribution in [2.24, 2.45) is 0 Å². The van der Waals surface area contributed by atoms with Crippen LogP contribution in [0.15, 0.2) is 54.6 Å². The molecule has 152 valence electrons. The Kier molecular flexibility index (Phi) is 8.02. The van der Waals surface area contributed by atoms with Crippen molar-refractivity contribution in [2.45, 2.75) is 64.6 Å². The summed E-state index contributed by atoms with van der Waals surface area (Å²) in [6, 6.07) is 18.4. The number of hydrogen-bond donors (Lipinski definition) is 1. The van der Waals surface area contributed by atoms with E-state index in [1.807, 2.05) is 30.3 Å². The van der Waals surface area contributed by atoms with Gasteiger partial charge in [0.2, 0.25) is 5.91 Å². The molecule has 3 nitrogen and oxygen atoms in total. The number of benzene rings is 2. The molecule has 0 atom stereocenters. The first kappa shape index (κ1) is 22.4. The summed E-state index contributed by atoms with van der Waals surface area (Å²) < 4.78 is 6.24. The zero-order chi connectivity index (χ0) is 20.6. The van der Waals surface area contributed by atoms with Gasteiger partial charge in [0.05, 0.1) is 0 Å². The summed E-state index contributed by atoms with van der Waals surface area (Å²) in [7, 11) is -1.69. The summed E-state index contributed by atoms with van der Waals surface area (Å²) in [6.45, 7) is 12.1. The van der Waals surface area contributed by atoms with Crippen LogP contribution in [0.3, 0.4) is 0 Å². The molecule has 0 aromatic heterocycles. The molecule has 0 aliphatic carbocycles. The second-order valence-corrected chi connectivity index (χ2v) is 13.8. The quantitative estimate of drug-likeness (QED) is 0.511. The summed E-state index contributed by atoms with van der Waals surface area (Å²) in [5.74, 6) is 0.0740. The molecule has 28 heavy (non-hydrogen) atoms. The minimum atomic E-state index is -1.69. The zero-order valence-corrected chi connectivity index (χ0v) is 19.0. The minimum Gasteiger partial charge on any atom is -0.416 e. The fourth-order valence-electron chi connectivity index (χ4n) is 2.72. The van der Waals surface area contributed by atoms with Crippen LogP contribution in [0.2, 0.25) is 18.1 Å². The van der Waals surface area contributed by atoms with E-state index in [1.165, 1.54) is 11.1 Å². The van der Waals surface area contributed by atoms with Gasteiger partial charge in [-0.05, 0) is 60.7 Å². The average molecular weight is 398 g/mol. The average Bonchev–Trinajstić information content (AvgIpc) is 2.63. The van der Waals surface area contributed by atoms with Crippen molar-refractivity contribution in [1.29, 1.82) is 0 Å². The van der Waals surface area contributed by atoms with Gasteiger partial charge in [-0.15, -0.1) is 0 Å². The normalized spacial score (nSPS) is 12.0. The van der Waals surface area contributed by atoms with Gasteiger partial charge in [0.15, 0.2) is 8.32 Å². The van der Waals surface area contributed by atoms with E-state index >= 15 is 0 Å². The number of nitrogens with one attached hydrogen (secondary N) is 1. The Morgan fingerprint density at radius 1 is 0.929 bits per heavy atom. The van der Waals surface area contributed by atoms with Gasteiger partial charge in [0.25, 0.3) is 0 Å². The predicted molar refractivity (Wildman–Crippen MR) is 121 cm³/mol. The van der Waals surface area contributed by atoms with Gasteiger partial charge in [0, 0.05) is 18.7 Å². The third kappa shape index (κ3) is 7.25. The van der Waals surface area contributed by atoms with E-state index in [1.54, 1.807) is 0 Å². The maximum Gasteiger partial charge on any atom is 0.224 e. The highest BCUT2D eigenvalue weighted by molar-refractivity contribution is 6.74. The highest BCUT2D eigenvalue weighted by atomic mass is 28.4. The van der Waals surface area contributed by atoms with Gasteiger partial charge < -0.3 is 9.74 Å². The minimum absolute atomic E-state index is 0.0740. The molecule has 0 radical (unpaired) electrons. The maximum atomic E-state index is 12.1. The lowest BCUT2D eigenvalue weighted by Gasteiger charge is -2.36. The Labute approximate surface area is 171 Å². The SMILES string of the molecule is CC(C)(C)[Si](C)(C)OCCc1ccc(NC(=O)CCCc2ccccc2)cc1. The smallest absolute Gasteiger partial charge is 0.224 e. The predicted octanol–water partition coefficient (Wildman–Crippen LogP) is 6.21. The van der Waals surface area contributed by atoms with Crippen molar-refractivity contribution in [2.75, 3.05) is 11.9 Å². The summed E-state index contributed by atoms with van der Waals surface area (Å²) in [6.07, 6.45) is 3.23. The fourth-order valence-corrected chi connectivity index (χ4v) is 3.76. The molecule has 2 rings (SSSR count). The topological polar surface area (TPSA) is 38.3 Å². The van der Waals surface area contributed by atoms with Gasteiger partial charge in [-0.25, -0.2) is 0 Å². The number of aryl methyl sites for hydroxylation is 1. The molecule has 0 saturated carbocycles. The Bertz CT molecular complexity index is 733. The number of carbonyl (C=O) groups excluding carboxylic acids is 1. The van der Waals surface area contributed by atoms with Crippen LogP contribution in [-0.2, 0) is 22.1 Å². The van der Waals surface area contributed by atoms with E-state index < -0.39 is 8.32 Å². The third-order valence-corrected chi connectivity index (χ3v) is 10.1. The maximum absolute atomic E-state index is 12.1. The van der Waals surface area contributed by atoms with E-state index in [9.17, 15) is 4.79 Å². The molecule has 0 bridgehead atoms. The molecule has 0 aliphatic rings. The molecular formula is C24H35NO2Si. The Hall–Kier alpha value is -1.91. The zero-order valence-electron chi connectivity index (χ0n) is 18.0. The summed E-state index contributed by atoms with van der Waals surface area (Å²) in [4.78, 5) is 12.1. The number of anilines is 1. The molecule has 0 fully saturated rings. The lowest BCUT2D eigenvalue weighted by atomic mass is 10.1. The lowest BCUT2D eigenvalue weighted by Crippen LogP contribution is -2.41. The van der Waals surface area contributed by atoms with Crippen LogP contribution in [0.5, 0.6) is 0 Å². The second kappa shape index (κ2) is 10.0. The van der Waals surface area contributed by atoms with Crippen LogP contribution >= 0.6 is 0 Å². The third-order valence-electron chi connectivity index (χ3n) is 5.61. The van der Waals surface area contributed by atoms with E-state index in [-0.39, 0.29) is 10.9 Å². The summed E-state index contributed by atoms with van der Waals surface area (Å²) >= 11 is 0. The lowest BCUT2D eigenvalue weighted by molar-refractivity contribution is -0.116. The van der Waals surface area contributed by atoms with Gasteiger partial charge in [-0.2, -0.15) is 0 Å². The largest absolute Gasteiger partial charge is 0.416 e. The summed E-state index contributed by atoms with van der Waals surface area (Å²) in [5, 5.41) is 3.23. The molecule has 0 spiro atoms. The monoisotopic (exact) mass is 397 g/mol. The van der Waals surface area contributed by atoms with Crippen LogP contribution in [0.4, 0.5) is 5.69 Å². The van der Waals surface area contributed by atoms with Crippen LogP contribution in [0, 0.1) is 0 Å². The molecule has 1 N–H and O–H groups in total. The van der Waals surface area contributed by atoms with Crippen molar-refractivity contribution in [3.63, 3.8) is 0 Å². The number of carbonyl (C=O) groups is 1. The Morgan fingerprint density at radius 3 is 2.14 bits per heavy atom. The van der Waals surface area contributed by atoms with Crippen LogP contribution in [0.25, 0.3) is 0 Å². The van der Waals surface area contributed by atoms with Crippen LogP contribution < -0.4 is 5.32 Å². The number of hydrogen-bond acceptors (Lipinski definition) is 2. The molecule has 1 amide bonds. The Balaban J connectivity index is 1.72. The standard InChI is InChI=1S/C24H35NO2Si/c1-24(2,3)28(4,5)27-19-18-21-14-16-22(17-15-21)25-23(26)13-9-12-20-10-7-6-8-11-20/h6-8,10-11,14-17H,9,12-13,18-19H2,1-5H3,(H,25,26). The molecule has 2 aromatic rings. The molecular weight excluding hydrogens is 362 g/mol. The van der Waals surface area contributed by atoms with Crippen molar-refractivity contribution >= 4 is 19.9 Å². The molecule has 4 heteroatoms. The first-order valence-corrected chi connectivity index (χ1v) is 13.1. The number of amides is 1. The van der Waals surface area contributed by atoms with Gasteiger partial charge in [0.1, 0.15) is 0 Å². The fraction of sp³-hybridized carbons (Fsp3) is 0.458. The molecule has 0 unspecified atom stereocenters. The van der Waals surface area contributed by atoms with Gasteiger partial charge in [-0.3, -0.25) is 4.79 Å².